The van der Waals surface area contributed by atoms with E-state index in [1.165, 1.54) is 6.07 Å². The molecule has 0 spiro atoms. The molecular weight excluding hydrogens is 347 g/mol. The van der Waals surface area contributed by atoms with Gasteiger partial charge in [0.15, 0.2) is 0 Å². The van der Waals surface area contributed by atoms with Crippen molar-refractivity contribution in [3.8, 4) is 0 Å². The predicted octanol–water partition coefficient (Wildman–Crippen LogP) is 4.38. The van der Waals surface area contributed by atoms with E-state index < -0.39 is 11.7 Å². The molecule has 0 saturated carbocycles. The first-order valence-corrected chi connectivity index (χ1v) is 7.23. The molecule has 0 atom stereocenters. The van der Waals surface area contributed by atoms with Gasteiger partial charge in [-0.05, 0) is 40.5 Å². The van der Waals surface area contributed by atoms with Crippen molar-refractivity contribution in [3.05, 3.63) is 45.7 Å². The summed E-state index contributed by atoms with van der Waals surface area (Å²) in [7, 11) is 1.81. The number of benzene rings is 1. The van der Waals surface area contributed by atoms with Gasteiger partial charge in [0.2, 0.25) is 0 Å². The predicted molar refractivity (Wildman–Crippen MR) is 79.1 cm³/mol. The van der Waals surface area contributed by atoms with Crippen molar-refractivity contribution < 1.29 is 13.2 Å². The normalized spacial score (nSPS) is 11.7. The van der Waals surface area contributed by atoms with Crippen molar-refractivity contribution in [2.75, 3.05) is 5.32 Å². The van der Waals surface area contributed by atoms with E-state index in [1.54, 1.807) is 10.7 Å². The van der Waals surface area contributed by atoms with Crippen LogP contribution in [0.5, 0.6) is 0 Å². The molecule has 0 bridgehead atoms. The van der Waals surface area contributed by atoms with Crippen LogP contribution < -0.4 is 5.32 Å². The largest absolute Gasteiger partial charge is 0.416 e. The summed E-state index contributed by atoms with van der Waals surface area (Å²) in [4.78, 5) is 0. The lowest BCUT2D eigenvalue weighted by molar-refractivity contribution is -0.137. The molecular formula is C14H15BrF3N3. The number of aromatic nitrogens is 2. The molecule has 0 aliphatic carbocycles. The van der Waals surface area contributed by atoms with E-state index in [9.17, 15) is 13.2 Å². The van der Waals surface area contributed by atoms with Gasteiger partial charge in [-0.25, -0.2) is 0 Å². The number of nitrogens with one attached hydrogen (secondary N) is 1. The van der Waals surface area contributed by atoms with E-state index in [-0.39, 0.29) is 0 Å². The van der Waals surface area contributed by atoms with Crippen LogP contribution in [0.2, 0.25) is 0 Å². The monoisotopic (exact) mass is 361 g/mol. The molecule has 0 radical (unpaired) electrons. The van der Waals surface area contributed by atoms with Crippen molar-refractivity contribution in [2.24, 2.45) is 7.05 Å². The molecule has 2 rings (SSSR count). The minimum Gasteiger partial charge on any atom is -0.379 e. The second-order valence-electron chi connectivity index (χ2n) is 4.62. The molecule has 1 heterocycles. The maximum Gasteiger partial charge on any atom is 0.416 e. The minimum atomic E-state index is -4.33. The Labute approximate surface area is 129 Å². The summed E-state index contributed by atoms with van der Waals surface area (Å²) in [6, 6.07) is 5.16. The Morgan fingerprint density at radius 1 is 1.33 bits per heavy atom. The number of anilines is 1. The molecule has 3 nitrogen and oxygen atoms in total. The Kier molecular flexibility index (Phi) is 4.61. The zero-order valence-corrected chi connectivity index (χ0v) is 13.2. The van der Waals surface area contributed by atoms with Gasteiger partial charge in [0.25, 0.3) is 0 Å². The van der Waals surface area contributed by atoms with E-state index in [0.29, 0.717) is 12.2 Å². The van der Waals surface area contributed by atoms with Gasteiger partial charge in [0, 0.05) is 12.7 Å². The fourth-order valence-corrected chi connectivity index (χ4v) is 2.76. The molecule has 114 valence electrons. The number of alkyl halides is 3. The third kappa shape index (κ3) is 3.58. The lowest BCUT2D eigenvalue weighted by Crippen LogP contribution is -2.08. The second kappa shape index (κ2) is 6.09. The molecule has 0 saturated heterocycles. The van der Waals surface area contributed by atoms with E-state index in [4.69, 9.17) is 0 Å². The SMILES string of the molecule is CCc1nn(C)c(CNc2cccc(C(F)(F)F)c2)c1Br. The molecule has 0 fully saturated rings. The minimum absolute atomic E-state index is 0.394. The van der Waals surface area contributed by atoms with Crippen LogP contribution in [-0.4, -0.2) is 9.78 Å². The van der Waals surface area contributed by atoms with Gasteiger partial charge in [-0.15, -0.1) is 0 Å². The number of nitrogens with zero attached hydrogens (tertiary/aromatic N) is 2. The molecule has 0 aliphatic rings. The average Bonchev–Trinajstić information content (AvgIpc) is 2.70. The Balaban J connectivity index is 2.16. The quantitative estimate of drug-likeness (QED) is 0.875. The highest BCUT2D eigenvalue weighted by Crippen LogP contribution is 2.31. The summed E-state index contributed by atoms with van der Waals surface area (Å²) >= 11 is 3.48. The standard InChI is InChI=1S/C14H15BrF3N3/c1-3-11-13(15)12(21(2)20-11)8-19-10-6-4-5-9(7-10)14(16,17)18/h4-7,19H,3,8H2,1-2H3. The first-order chi connectivity index (χ1) is 9.82. The fourth-order valence-electron chi connectivity index (χ4n) is 2.00. The first kappa shape index (κ1) is 15.9. The maximum absolute atomic E-state index is 12.7. The summed E-state index contributed by atoms with van der Waals surface area (Å²) in [5, 5.41) is 7.35. The highest BCUT2D eigenvalue weighted by atomic mass is 79.9. The third-order valence-electron chi connectivity index (χ3n) is 3.15. The van der Waals surface area contributed by atoms with Crippen LogP contribution in [0.4, 0.5) is 18.9 Å². The van der Waals surface area contributed by atoms with Crippen LogP contribution in [-0.2, 0) is 26.2 Å². The average molecular weight is 362 g/mol. The van der Waals surface area contributed by atoms with Crippen LogP contribution in [0, 0.1) is 0 Å². The van der Waals surface area contributed by atoms with Gasteiger partial charge in [0.05, 0.1) is 28.0 Å². The molecule has 0 unspecified atom stereocenters. The number of hydrogen-bond acceptors (Lipinski definition) is 2. The Morgan fingerprint density at radius 3 is 2.62 bits per heavy atom. The molecule has 1 aromatic carbocycles. The summed E-state index contributed by atoms with van der Waals surface area (Å²) in [5.41, 5.74) is 1.59. The molecule has 0 aliphatic heterocycles. The Hall–Kier alpha value is -1.50. The Morgan fingerprint density at radius 2 is 2.05 bits per heavy atom. The lowest BCUT2D eigenvalue weighted by Gasteiger charge is -2.11. The third-order valence-corrected chi connectivity index (χ3v) is 4.07. The fraction of sp³-hybridized carbons (Fsp3) is 0.357. The van der Waals surface area contributed by atoms with Gasteiger partial charge in [0.1, 0.15) is 0 Å². The smallest absolute Gasteiger partial charge is 0.379 e. The zero-order valence-electron chi connectivity index (χ0n) is 11.6. The van der Waals surface area contributed by atoms with Crippen LogP contribution in [0.25, 0.3) is 0 Å². The van der Waals surface area contributed by atoms with Crippen molar-refractivity contribution in [1.82, 2.24) is 9.78 Å². The number of hydrogen-bond donors (Lipinski definition) is 1. The van der Waals surface area contributed by atoms with Gasteiger partial charge < -0.3 is 5.32 Å². The van der Waals surface area contributed by atoms with Crippen LogP contribution in [0.15, 0.2) is 28.7 Å². The molecule has 2 aromatic rings. The highest BCUT2D eigenvalue weighted by Gasteiger charge is 2.30. The van der Waals surface area contributed by atoms with Gasteiger partial charge >= 0.3 is 6.18 Å². The zero-order chi connectivity index (χ0) is 15.6. The van der Waals surface area contributed by atoms with E-state index in [2.05, 4.69) is 26.3 Å². The van der Waals surface area contributed by atoms with Crippen molar-refractivity contribution in [2.45, 2.75) is 26.1 Å². The summed E-state index contributed by atoms with van der Waals surface area (Å²) in [6.07, 6.45) is -3.54. The molecule has 1 N–H and O–H groups in total. The van der Waals surface area contributed by atoms with Gasteiger partial charge in [-0.3, -0.25) is 4.68 Å². The van der Waals surface area contributed by atoms with Gasteiger partial charge in [-0.1, -0.05) is 13.0 Å². The van der Waals surface area contributed by atoms with Crippen molar-refractivity contribution in [1.29, 1.82) is 0 Å². The van der Waals surface area contributed by atoms with Crippen LogP contribution in [0.3, 0.4) is 0 Å². The van der Waals surface area contributed by atoms with Crippen molar-refractivity contribution >= 4 is 21.6 Å². The molecule has 21 heavy (non-hydrogen) atoms. The molecule has 7 heteroatoms. The summed E-state index contributed by atoms with van der Waals surface area (Å²) in [5.74, 6) is 0. The van der Waals surface area contributed by atoms with Gasteiger partial charge in [-0.2, -0.15) is 18.3 Å². The van der Waals surface area contributed by atoms with Crippen molar-refractivity contribution in [3.63, 3.8) is 0 Å². The van der Waals surface area contributed by atoms with E-state index >= 15 is 0 Å². The molecule has 0 amide bonds. The number of aryl methyl sites for hydroxylation is 2. The summed E-state index contributed by atoms with van der Waals surface area (Å²) < 4.78 is 40.6. The topological polar surface area (TPSA) is 29.9 Å². The summed E-state index contributed by atoms with van der Waals surface area (Å²) in [6.45, 7) is 2.39. The van der Waals surface area contributed by atoms with Crippen LogP contribution in [0.1, 0.15) is 23.9 Å². The van der Waals surface area contributed by atoms with E-state index in [1.807, 2.05) is 14.0 Å². The van der Waals surface area contributed by atoms with E-state index in [0.717, 1.165) is 34.4 Å². The lowest BCUT2D eigenvalue weighted by atomic mass is 10.2. The maximum atomic E-state index is 12.7. The first-order valence-electron chi connectivity index (χ1n) is 6.44. The second-order valence-corrected chi connectivity index (χ2v) is 5.41. The highest BCUT2D eigenvalue weighted by molar-refractivity contribution is 9.10. The Bertz CT molecular complexity index is 635. The molecule has 1 aromatic heterocycles. The number of rotatable bonds is 4. The van der Waals surface area contributed by atoms with Crippen LogP contribution >= 0.6 is 15.9 Å². The number of halogens is 4.